The second-order valence-electron chi connectivity index (χ2n) is 5.70. The minimum absolute atomic E-state index is 0.232. The monoisotopic (exact) mass is 310 g/mol. The van der Waals surface area contributed by atoms with Crippen molar-refractivity contribution in [2.75, 3.05) is 7.05 Å². The first kappa shape index (κ1) is 15.4. The summed E-state index contributed by atoms with van der Waals surface area (Å²) in [5.74, 6) is -0.232. The summed E-state index contributed by atoms with van der Waals surface area (Å²) in [6.45, 7) is 3.39. The Balaban J connectivity index is 1.80. The second kappa shape index (κ2) is 6.71. The van der Waals surface area contributed by atoms with Crippen molar-refractivity contribution in [2.45, 2.75) is 20.0 Å². The lowest BCUT2D eigenvalue weighted by molar-refractivity contribution is 0.318. The number of rotatable bonds is 5. The van der Waals surface area contributed by atoms with Crippen molar-refractivity contribution in [2.24, 2.45) is 0 Å². The van der Waals surface area contributed by atoms with Gasteiger partial charge in [0.2, 0.25) is 0 Å². The van der Waals surface area contributed by atoms with Crippen LogP contribution in [0, 0.1) is 12.7 Å². The van der Waals surface area contributed by atoms with E-state index in [2.05, 4.69) is 21.0 Å². The van der Waals surface area contributed by atoms with E-state index in [0.29, 0.717) is 6.54 Å². The molecule has 0 amide bonds. The smallest absolute Gasteiger partial charge is 0.123 e. The number of nitrogens with zero attached hydrogens (tertiary/aromatic N) is 4. The van der Waals surface area contributed by atoms with E-state index in [0.717, 1.165) is 23.5 Å². The SMILES string of the molecule is Cc1cc(CN(C)Cc2cc(F)ccc2-n2cccn2)ccn1. The van der Waals surface area contributed by atoms with E-state index in [9.17, 15) is 4.39 Å². The topological polar surface area (TPSA) is 34.0 Å². The normalized spacial score (nSPS) is 11.1. The molecule has 23 heavy (non-hydrogen) atoms. The summed E-state index contributed by atoms with van der Waals surface area (Å²) < 4.78 is 15.4. The van der Waals surface area contributed by atoms with E-state index < -0.39 is 0 Å². The molecular formula is C18H19FN4. The molecule has 1 aromatic carbocycles. The van der Waals surface area contributed by atoms with Gasteiger partial charge in [-0.2, -0.15) is 5.10 Å². The van der Waals surface area contributed by atoms with Crippen LogP contribution in [0.4, 0.5) is 4.39 Å². The fourth-order valence-corrected chi connectivity index (χ4v) is 2.68. The van der Waals surface area contributed by atoms with E-state index in [1.54, 1.807) is 23.0 Å². The van der Waals surface area contributed by atoms with Crippen molar-refractivity contribution >= 4 is 0 Å². The van der Waals surface area contributed by atoms with Gasteiger partial charge in [0.05, 0.1) is 5.69 Å². The van der Waals surface area contributed by atoms with Crippen molar-refractivity contribution in [1.82, 2.24) is 19.7 Å². The molecule has 2 aromatic heterocycles. The first-order valence-electron chi connectivity index (χ1n) is 7.50. The third kappa shape index (κ3) is 3.81. The predicted molar refractivity (Wildman–Crippen MR) is 87.7 cm³/mol. The van der Waals surface area contributed by atoms with Crippen LogP contribution in [0.2, 0.25) is 0 Å². The highest BCUT2D eigenvalue weighted by Gasteiger charge is 2.10. The Morgan fingerprint density at radius 2 is 2.00 bits per heavy atom. The molecule has 0 spiro atoms. The third-order valence-corrected chi connectivity index (χ3v) is 3.65. The van der Waals surface area contributed by atoms with Crippen LogP contribution >= 0.6 is 0 Å². The minimum atomic E-state index is -0.232. The Hall–Kier alpha value is -2.53. The van der Waals surface area contributed by atoms with Gasteiger partial charge in [-0.05, 0) is 61.5 Å². The molecule has 0 aliphatic carbocycles. The highest BCUT2D eigenvalue weighted by atomic mass is 19.1. The Morgan fingerprint density at radius 3 is 2.74 bits per heavy atom. The molecule has 0 N–H and O–H groups in total. The maximum absolute atomic E-state index is 13.7. The molecule has 0 saturated heterocycles. The van der Waals surface area contributed by atoms with E-state index in [1.807, 2.05) is 38.5 Å². The van der Waals surface area contributed by atoms with Crippen LogP contribution in [-0.4, -0.2) is 26.7 Å². The summed E-state index contributed by atoms with van der Waals surface area (Å²) in [6.07, 6.45) is 5.40. The Labute approximate surface area is 135 Å². The quantitative estimate of drug-likeness (QED) is 0.725. The summed E-state index contributed by atoms with van der Waals surface area (Å²) in [5, 5.41) is 4.25. The van der Waals surface area contributed by atoms with E-state index in [4.69, 9.17) is 0 Å². The molecule has 0 bridgehead atoms. The molecule has 0 unspecified atom stereocenters. The maximum Gasteiger partial charge on any atom is 0.123 e. The summed E-state index contributed by atoms with van der Waals surface area (Å²) >= 11 is 0. The number of halogens is 1. The zero-order valence-corrected chi connectivity index (χ0v) is 13.3. The van der Waals surface area contributed by atoms with Gasteiger partial charge in [-0.3, -0.25) is 9.88 Å². The van der Waals surface area contributed by atoms with Crippen molar-refractivity contribution in [1.29, 1.82) is 0 Å². The average Bonchev–Trinajstić information content (AvgIpc) is 3.01. The van der Waals surface area contributed by atoms with Gasteiger partial charge in [0.15, 0.2) is 0 Å². The van der Waals surface area contributed by atoms with Crippen molar-refractivity contribution in [3.8, 4) is 5.69 Å². The van der Waals surface area contributed by atoms with Gasteiger partial charge < -0.3 is 0 Å². The Bertz CT molecular complexity index is 783. The van der Waals surface area contributed by atoms with E-state index >= 15 is 0 Å². The number of benzene rings is 1. The average molecular weight is 310 g/mol. The van der Waals surface area contributed by atoms with Gasteiger partial charge in [0.25, 0.3) is 0 Å². The zero-order chi connectivity index (χ0) is 16.2. The molecule has 5 heteroatoms. The maximum atomic E-state index is 13.7. The number of pyridine rings is 1. The molecule has 2 heterocycles. The van der Waals surface area contributed by atoms with Crippen molar-refractivity contribution < 1.29 is 4.39 Å². The van der Waals surface area contributed by atoms with E-state index in [-0.39, 0.29) is 5.82 Å². The number of hydrogen-bond acceptors (Lipinski definition) is 3. The summed E-state index contributed by atoms with van der Waals surface area (Å²) in [6, 6.07) is 10.7. The summed E-state index contributed by atoms with van der Waals surface area (Å²) in [5.41, 5.74) is 3.99. The minimum Gasteiger partial charge on any atom is -0.298 e. The van der Waals surface area contributed by atoms with Crippen LogP contribution in [-0.2, 0) is 13.1 Å². The van der Waals surface area contributed by atoms with Crippen LogP contribution in [0.15, 0.2) is 55.0 Å². The first-order chi connectivity index (χ1) is 11.1. The zero-order valence-electron chi connectivity index (χ0n) is 13.3. The Morgan fingerprint density at radius 1 is 1.13 bits per heavy atom. The van der Waals surface area contributed by atoms with Crippen LogP contribution in [0.3, 0.4) is 0 Å². The van der Waals surface area contributed by atoms with Gasteiger partial charge >= 0.3 is 0 Å². The van der Waals surface area contributed by atoms with E-state index in [1.165, 1.54) is 11.6 Å². The van der Waals surface area contributed by atoms with Crippen molar-refractivity contribution in [3.05, 3.63) is 77.6 Å². The molecule has 0 saturated carbocycles. The molecule has 118 valence electrons. The third-order valence-electron chi connectivity index (χ3n) is 3.65. The molecule has 3 aromatic rings. The molecule has 0 aliphatic heterocycles. The summed E-state index contributed by atoms with van der Waals surface area (Å²) in [7, 11) is 2.02. The first-order valence-corrected chi connectivity index (χ1v) is 7.50. The number of aryl methyl sites for hydroxylation is 1. The van der Waals surface area contributed by atoms with Crippen LogP contribution < -0.4 is 0 Å². The second-order valence-corrected chi connectivity index (χ2v) is 5.70. The predicted octanol–water partition coefficient (Wildman–Crippen LogP) is 3.35. The van der Waals surface area contributed by atoms with Gasteiger partial charge in [-0.15, -0.1) is 0 Å². The van der Waals surface area contributed by atoms with Crippen LogP contribution in [0.5, 0.6) is 0 Å². The molecule has 0 aliphatic rings. The summed E-state index contributed by atoms with van der Waals surface area (Å²) in [4.78, 5) is 6.36. The number of aromatic nitrogens is 3. The molecular weight excluding hydrogens is 291 g/mol. The molecule has 4 nitrogen and oxygen atoms in total. The van der Waals surface area contributed by atoms with Crippen LogP contribution in [0.1, 0.15) is 16.8 Å². The number of hydrogen-bond donors (Lipinski definition) is 0. The molecule has 0 radical (unpaired) electrons. The Kier molecular flexibility index (Phi) is 4.48. The van der Waals surface area contributed by atoms with Gasteiger partial charge in [-0.25, -0.2) is 9.07 Å². The standard InChI is InChI=1S/C18H19FN4/c1-14-10-15(6-8-20-14)12-22(2)13-16-11-17(19)4-5-18(16)23-9-3-7-21-23/h3-11H,12-13H2,1-2H3. The van der Waals surface area contributed by atoms with Gasteiger partial charge in [-0.1, -0.05) is 0 Å². The lowest BCUT2D eigenvalue weighted by Crippen LogP contribution is -2.19. The lowest BCUT2D eigenvalue weighted by atomic mass is 10.1. The van der Waals surface area contributed by atoms with Crippen LogP contribution in [0.25, 0.3) is 5.69 Å². The largest absolute Gasteiger partial charge is 0.298 e. The van der Waals surface area contributed by atoms with Gasteiger partial charge in [0, 0.05) is 37.4 Å². The fraction of sp³-hybridized carbons (Fsp3) is 0.222. The lowest BCUT2D eigenvalue weighted by Gasteiger charge is -2.19. The fourth-order valence-electron chi connectivity index (χ4n) is 2.68. The molecule has 0 atom stereocenters. The molecule has 0 fully saturated rings. The molecule has 3 rings (SSSR count). The highest BCUT2D eigenvalue weighted by Crippen LogP contribution is 2.18. The highest BCUT2D eigenvalue weighted by molar-refractivity contribution is 5.40. The van der Waals surface area contributed by atoms with Crippen molar-refractivity contribution in [3.63, 3.8) is 0 Å². The van der Waals surface area contributed by atoms with Gasteiger partial charge in [0.1, 0.15) is 5.82 Å².